The molecule has 3 heteroatoms. The minimum atomic E-state index is 0.0915. The summed E-state index contributed by atoms with van der Waals surface area (Å²) in [5, 5.41) is 3.60. The smallest absolute Gasteiger partial charge is 0.224 e. The summed E-state index contributed by atoms with van der Waals surface area (Å²) >= 11 is 5.83. The fourth-order valence-electron chi connectivity index (χ4n) is 2.91. The van der Waals surface area contributed by atoms with Gasteiger partial charge in [0.05, 0.1) is 0 Å². The van der Waals surface area contributed by atoms with E-state index in [1.165, 1.54) is 5.56 Å². The molecular weight excluding hydrogens is 282 g/mol. The second-order valence-electron chi connectivity index (χ2n) is 5.70. The maximum atomic E-state index is 12.0. The number of nitrogens with one attached hydrogen (secondary N) is 1. The van der Waals surface area contributed by atoms with Crippen LogP contribution >= 0.6 is 11.6 Å². The van der Waals surface area contributed by atoms with Crippen molar-refractivity contribution in [1.29, 1.82) is 0 Å². The van der Waals surface area contributed by atoms with Gasteiger partial charge in [0, 0.05) is 17.1 Å². The average Bonchev–Trinajstić information content (AvgIpc) is 2.46. The van der Waals surface area contributed by atoms with E-state index in [1.54, 1.807) is 12.1 Å². The number of carbonyl (C=O) groups is 1. The summed E-state index contributed by atoms with van der Waals surface area (Å²) in [5.41, 5.74) is 2.20. The van der Waals surface area contributed by atoms with Crippen LogP contribution in [-0.4, -0.2) is 5.91 Å². The quantitative estimate of drug-likeness (QED) is 0.858. The molecule has 1 saturated carbocycles. The van der Waals surface area contributed by atoms with Crippen LogP contribution in [0.2, 0.25) is 5.02 Å². The van der Waals surface area contributed by atoms with Gasteiger partial charge >= 0.3 is 0 Å². The van der Waals surface area contributed by atoms with Crippen LogP contribution in [0.4, 0.5) is 5.69 Å². The number of benzene rings is 2. The highest BCUT2D eigenvalue weighted by Crippen LogP contribution is 2.43. The Morgan fingerprint density at radius 1 is 1.05 bits per heavy atom. The fraction of sp³-hybridized carbons (Fsp3) is 0.278. The second-order valence-corrected chi connectivity index (χ2v) is 6.14. The Bertz CT molecular complexity index is 603. The summed E-state index contributed by atoms with van der Waals surface area (Å²) in [4.78, 5) is 12.0. The Kier molecular flexibility index (Phi) is 4.26. The van der Waals surface area contributed by atoms with E-state index >= 15 is 0 Å². The zero-order valence-corrected chi connectivity index (χ0v) is 12.5. The molecule has 2 aromatic rings. The van der Waals surface area contributed by atoms with E-state index in [2.05, 4.69) is 29.6 Å². The molecule has 3 rings (SSSR count). The first kappa shape index (κ1) is 14.2. The fourth-order valence-corrected chi connectivity index (χ4v) is 3.03. The van der Waals surface area contributed by atoms with Crippen molar-refractivity contribution in [1.82, 2.24) is 0 Å². The normalized spacial score (nSPS) is 20.6. The summed E-state index contributed by atoms with van der Waals surface area (Å²) in [5.74, 6) is 1.22. The van der Waals surface area contributed by atoms with Crippen LogP contribution < -0.4 is 5.32 Å². The highest BCUT2D eigenvalue weighted by atomic mass is 35.5. The summed E-state index contributed by atoms with van der Waals surface area (Å²) in [6, 6.07) is 17.8. The van der Waals surface area contributed by atoms with Crippen molar-refractivity contribution in [3.8, 4) is 0 Å². The number of hydrogen-bond donors (Lipinski definition) is 1. The summed E-state index contributed by atoms with van der Waals surface area (Å²) < 4.78 is 0. The molecule has 21 heavy (non-hydrogen) atoms. The van der Waals surface area contributed by atoms with Gasteiger partial charge in [-0.25, -0.2) is 0 Å². The van der Waals surface area contributed by atoms with Crippen LogP contribution in [0.3, 0.4) is 0 Å². The first-order chi connectivity index (χ1) is 10.2. The molecule has 0 atom stereocenters. The molecule has 0 radical (unpaired) electrons. The molecule has 0 saturated heterocycles. The van der Waals surface area contributed by atoms with E-state index in [0.717, 1.165) is 18.5 Å². The van der Waals surface area contributed by atoms with Crippen LogP contribution in [0.25, 0.3) is 0 Å². The summed E-state index contributed by atoms with van der Waals surface area (Å²) in [6.07, 6.45) is 2.82. The van der Waals surface area contributed by atoms with Crippen molar-refractivity contribution >= 4 is 23.2 Å². The SMILES string of the molecule is O=C(CC1CC(c2ccccc2)C1)Nc1ccc(Cl)cc1. The molecule has 2 nitrogen and oxygen atoms in total. The number of halogens is 1. The van der Waals surface area contributed by atoms with Gasteiger partial charge in [0.25, 0.3) is 0 Å². The van der Waals surface area contributed by atoms with Crippen molar-refractivity contribution < 1.29 is 4.79 Å². The molecule has 2 aromatic carbocycles. The van der Waals surface area contributed by atoms with Crippen LogP contribution in [-0.2, 0) is 4.79 Å². The molecule has 1 aliphatic rings. The predicted molar refractivity (Wildman–Crippen MR) is 86.6 cm³/mol. The van der Waals surface area contributed by atoms with E-state index in [9.17, 15) is 4.79 Å². The van der Waals surface area contributed by atoms with E-state index in [-0.39, 0.29) is 5.91 Å². The molecule has 1 fully saturated rings. The van der Waals surface area contributed by atoms with Crippen LogP contribution in [0.15, 0.2) is 54.6 Å². The molecule has 0 aromatic heterocycles. The van der Waals surface area contributed by atoms with E-state index in [0.29, 0.717) is 23.3 Å². The Labute approximate surface area is 130 Å². The highest BCUT2D eigenvalue weighted by molar-refractivity contribution is 6.30. The molecule has 0 aliphatic heterocycles. The van der Waals surface area contributed by atoms with Crippen molar-refractivity contribution in [2.24, 2.45) is 5.92 Å². The van der Waals surface area contributed by atoms with Crippen molar-refractivity contribution in [3.63, 3.8) is 0 Å². The molecule has 1 amide bonds. The molecule has 0 unspecified atom stereocenters. The van der Waals surface area contributed by atoms with Gasteiger partial charge in [-0.05, 0) is 54.5 Å². The zero-order valence-electron chi connectivity index (χ0n) is 11.8. The number of carbonyl (C=O) groups excluding carboxylic acids is 1. The number of amides is 1. The van der Waals surface area contributed by atoms with Gasteiger partial charge in [-0.3, -0.25) is 4.79 Å². The molecule has 108 valence electrons. The molecule has 0 heterocycles. The van der Waals surface area contributed by atoms with Crippen LogP contribution in [0.1, 0.15) is 30.7 Å². The molecule has 0 spiro atoms. The lowest BCUT2D eigenvalue weighted by molar-refractivity contribution is -0.117. The Balaban J connectivity index is 1.46. The van der Waals surface area contributed by atoms with Gasteiger partial charge in [-0.1, -0.05) is 41.9 Å². The lowest BCUT2D eigenvalue weighted by Crippen LogP contribution is -2.26. The first-order valence-electron chi connectivity index (χ1n) is 7.31. The van der Waals surface area contributed by atoms with Gasteiger partial charge in [0.15, 0.2) is 0 Å². The van der Waals surface area contributed by atoms with Crippen molar-refractivity contribution in [2.75, 3.05) is 5.32 Å². The van der Waals surface area contributed by atoms with E-state index < -0.39 is 0 Å². The number of hydrogen-bond acceptors (Lipinski definition) is 1. The zero-order chi connectivity index (χ0) is 14.7. The van der Waals surface area contributed by atoms with Crippen molar-refractivity contribution in [3.05, 3.63) is 65.2 Å². The minimum Gasteiger partial charge on any atom is -0.326 e. The topological polar surface area (TPSA) is 29.1 Å². The van der Waals surface area contributed by atoms with Crippen molar-refractivity contribution in [2.45, 2.75) is 25.2 Å². The Hall–Kier alpha value is -1.80. The van der Waals surface area contributed by atoms with Crippen LogP contribution in [0.5, 0.6) is 0 Å². The molecule has 1 N–H and O–H groups in total. The van der Waals surface area contributed by atoms with E-state index in [4.69, 9.17) is 11.6 Å². The summed E-state index contributed by atoms with van der Waals surface area (Å²) in [7, 11) is 0. The largest absolute Gasteiger partial charge is 0.326 e. The Morgan fingerprint density at radius 2 is 1.71 bits per heavy atom. The second kappa shape index (κ2) is 6.31. The highest BCUT2D eigenvalue weighted by Gasteiger charge is 2.31. The minimum absolute atomic E-state index is 0.0915. The molecular formula is C18H18ClNO. The van der Waals surface area contributed by atoms with Gasteiger partial charge in [0.1, 0.15) is 0 Å². The average molecular weight is 300 g/mol. The van der Waals surface area contributed by atoms with E-state index in [1.807, 2.05) is 18.2 Å². The maximum absolute atomic E-state index is 12.0. The van der Waals surface area contributed by atoms with Gasteiger partial charge < -0.3 is 5.32 Å². The van der Waals surface area contributed by atoms with Gasteiger partial charge in [0.2, 0.25) is 5.91 Å². The number of rotatable bonds is 4. The molecule has 1 aliphatic carbocycles. The molecule has 0 bridgehead atoms. The third kappa shape index (κ3) is 3.64. The maximum Gasteiger partial charge on any atom is 0.224 e. The van der Waals surface area contributed by atoms with Gasteiger partial charge in [-0.2, -0.15) is 0 Å². The number of anilines is 1. The lowest BCUT2D eigenvalue weighted by Gasteiger charge is -2.35. The van der Waals surface area contributed by atoms with Gasteiger partial charge in [-0.15, -0.1) is 0 Å². The lowest BCUT2D eigenvalue weighted by atomic mass is 9.70. The Morgan fingerprint density at radius 3 is 2.38 bits per heavy atom. The predicted octanol–water partition coefficient (Wildman–Crippen LogP) is 4.86. The first-order valence-corrected chi connectivity index (χ1v) is 7.69. The van der Waals surface area contributed by atoms with Crippen LogP contribution in [0, 0.1) is 5.92 Å². The monoisotopic (exact) mass is 299 g/mol. The standard InChI is InChI=1S/C18H18ClNO/c19-16-6-8-17(9-7-16)20-18(21)12-13-10-15(11-13)14-4-2-1-3-5-14/h1-9,13,15H,10-12H2,(H,20,21). The summed E-state index contributed by atoms with van der Waals surface area (Å²) in [6.45, 7) is 0. The third-order valence-electron chi connectivity index (χ3n) is 4.11. The third-order valence-corrected chi connectivity index (χ3v) is 4.36.